The van der Waals surface area contributed by atoms with Crippen LogP contribution in [0.5, 0.6) is 0 Å². The summed E-state index contributed by atoms with van der Waals surface area (Å²) in [5.74, 6) is 0. The Morgan fingerprint density at radius 2 is 2.08 bits per heavy atom. The minimum absolute atomic E-state index is 0.0806. The summed E-state index contributed by atoms with van der Waals surface area (Å²) >= 11 is 0. The van der Waals surface area contributed by atoms with Gasteiger partial charge in [0.25, 0.3) is 5.56 Å². The lowest BCUT2D eigenvalue weighted by molar-refractivity contribution is 0.236. The van der Waals surface area contributed by atoms with E-state index in [0.717, 1.165) is 29.4 Å². The van der Waals surface area contributed by atoms with Gasteiger partial charge in [-0.05, 0) is 25.8 Å². The lowest BCUT2D eigenvalue weighted by atomic mass is 10.1. The number of benzene rings is 1. The van der Waals surface area contributed by atoms with Crippen molar-refractivity contribution in [2.24, 2.45) is 0 Å². The molecule has 0 atom stereocenters. The lowest BCUT2D eigenvalue weighted by Crippen LogP contribution is -2.42. The van der Waals surface area contributed by atoms with Gasteiger partial charge in [0.05, 0.1) is 10.9 Å². The van der Waals surface area contributed by atoms with Crippen LogP contribution in [-0.4, -0.2) is 33.4 Å². The van der Waals surface area contributed by atoms with Crippen molar-refractivity contribution in [1.82, 2.24) is 25.4 Å². The van der Waals surface area contributed by atoms with Crippen LogP contribution in [0.4, 0.5) is 4.79 Å². The highest BCUT2D eigenvalue weighted by Gasteiger charge is 2.17. The van der Waals surface area contributed by atoms with Crippen molar-refractivity contribution in [2.45, 2.75) is 45.2 Å². The molecule has 3 N–H and O–H groups in total. The maximum absolute atomic E-state index is 13.0. The molecular formula is C19H23N5O2. The SMILES string of the molecule is Cc1[nH]nc2c1c(=O)n(CCNC(=O)NC1CCCC1)c1ccccc21. The number of hydrogen-bond donors (Lipinski definition) is 3. The number of H-pyrrole nitrogens is 1. The first-order chi connectivity index (χ1) is 12.6. The molecule has 2 aromatic heterocycles. The van der Waals surface area contributed by atoms with Gasteiger partial charge in [0.2, 0.25) is 0 Å². The highest BCUT2D eigenvalue weighted by Crippen LogP contribution is 2.22. The molecule has 2 amide bonds. The summed E-state index contributed by atoms with van der Waals surface area (Å²) in [5.41, 5.74) is 2.21. The van der Waals surface area contributed by atoms with Crippen molar-refractivity contribution in [3.05, 3.63) is 40.3 Å². The molecule has 7 nitrogen and oxygen atoms in total. The van der Waals surface area contributed by atoms with E-state index in [1.54, 1.807) is 4.57 Å². The fourth-order valence-corrected chi connectivity index (χ4v) is 3.85. The number of fused-ring (bicyclic) bond motifs is 3. The standard InChI is InChI=1S/C19H23N5O2/c1-12-16-17(23-22-12)14-8-4-5-9-15(14)24(18(16)25)11-10-20-19(26)21-13-6-2-3-7-13/h4-5,8-9,13H,2-3,6-7,10-11H2,1H3,(H,22,23)(H2,20,21,26). The molecular weight excluding hydrogens is 330 g/mol. The molecule has 1 aromatic carbocycles. The molecule has 136 valence electrons. The van der Waals surface area contributed by atoms with Gasteiger partial charge in [-0.15, -0.1) is 0 Å². The molecule has 1 aliphatic rings. The Kier molecular flexibility index (Phi) is 4.36. The van der Waals surface area contributed by atoms with Crippen LogP contribution in [0.3, 0.4) is 0 Å². The lowest BCUT2D eigenvalue weighted by Gasteiger charge is -2.14. The number of rotatable bonds is 4. The predicted octanol–water partition coefficient (Wildman–Crippen LogP) is 2.43. The molecule has 0 spiro atoms. The number of para-hydroxylation sites is 1. The number of amides is 2. The molecule has 3 aromatic rings. The molecule has 0 radical (unpaired) electrons. The Balaban J connectivity index is 1.57. The minimum Gasteiger partial charge on any atom is -0.336 e. The summed E-state index contributed by atoms with van der Waals surface area (Å²) in [4.78, 5) is 25.0. The number of aromatic nitrogens is 3. The van der Waals surface area contributed by atoms with E-state index in [0.29, 0.717) is 24.0 Å². The van der Waals surface area contributed by atoms with Crippen molar-refractivity contribution in [1.29, 1.82) is 0 Å². The Bertz CT molecular complexity index is 1010. The molecule has 0 bridgehead atoms. The normalized spacial score (nSPS) is 15.0. The third kappa shape index (κ3) is 2.94. The van der Waals surface area contributed by atoms with E-state index < -0.39 is 0 Å². The van der Waals surface area contributed by atoms with E-state index in [1.807, 2.05) is 31.2 Å². The van der Waals surface area contributed by atoms with E-state index in [4.69, 9.17) is 0 Å². The number of aryl methyl sites for hydroxylation is 1. The van der Waals surface area contributed by atoms with Crippen LogP contribution in [0, 0.1) is 6.92 Å². The molecule has 2 heterocycles. The third-order valence-corrected chi connectivity index (χ3v) is 5.17. The molecule has 26 heavy (non-hydrogen) atoms. The first kappa shape index (κ1) is 16.6. The number of pyridine rings is 1. The molecule has 0 unspecified atom stereocenters. The summed E-state index contributed by atoms with van der Waals surface area (Å²) in [5, 5.41) is 14.6. The molecule has 1 aliphatic carbocycles. The summed E-state index contributed by atoms with van der Waals surface area (Å²) in [6, 6.07) is 7.85. The maximum Gasteiger partial charge on any atom is 0.315 e. The Hall–Kier alpha value is -2.83. The monoisotopic (exact) mass is 353 g/mol. The average Bonchev–Trinajstić information content (AvgIpc) is 3.28. The number of urea groups is 1. The van der Waals surface area contributed by atoms with Crippen molar-refractivity contribution < 1.29 is 4.79 Å². The van der Waals surface area contributed by atoms with Crippen LogP contribution in [0.1, 0.15) is 31.4 Å². The predicted molar refractivity (Wildman–Crippen MR) is 101 cm³/mol. The zero-order valence-corrected chi connectivity index (χ0v) is 14.8. The topological polar surface area (TPSA) is 91.8 Å². The van der Waals surface area contributed by atoms with Crippen LogP contribution in [0.25, 0.3) is 21.8 Å². The quantitative estimate of drug-likeness (QED) is 0.673. The molecule has 1 saturated carbocycles. The van der Waals surface area contributed by atoms with Crippen molar-refractivity contribution in [3.63, 3.8) is 0 Å². The van der Waals surface area contributed by atoms with Gasteiger partial charge in [0.15, 0.2) is 0 Å². The largest absolute Gasteiger partial charge is 0.336 e. The number of carbonyl (C=O) groups is 1. The fraction of sp³-hybridized carbons (Fsp3) is 0.421. The smallest absolute Gasteiger partial charge is 0.315 e. The Morgan fingerprint density at radius 1 is 1.31 bits per heavy atom. The van der Waals surface area contributed by atoms with Crippen molar-refractivity contribution in [3.8, 4) is 0 Å². The van der Waals surface area contributed by atoms with Gasteiger partial charge in [-0.25, -0.2) is 4.79 Å². The van der Waals surface area contributed by atoms with Gasteiger partial charge in [0.1, 0.15) is 5.52 Å². The highest BCUT2D eigenvalue weighted by atomic mass is 16.2. The second-order valence-corrected chi connectivity index (χ2v) is 6.93. The number of nitrogens with zero attached hydrogens (tertiary/aromatic N) is 2. The van der Waals surface area contributed by atoms with E-state index in [9.17, 15) is 9.59 Å². The van der Waals surface area contributed by atoms with Crippen LogP contribution in [0.2, 0.25) is 0 Å². The minimum atomic E-state index is -0.158. The van der Waals surface area contributed by atoms with E-state index in [-0.39, 0.29) is 17.6 Å². The summed E-state index contributed by atoms with van der Waals surface area (Å²) < 4.78 is 1.72. The molecule has 4 rings (SSSR count). The zero-order chi connectivity index (χ0) is 18.1. The van der Waals surface area contributed by atoms with E-state index >= 15 is 0 Å². The van der Waals surface area contributed by atoms with Gasteiger partial charge >= 0.3 is 6.03 Å². The molecule has 0 saturated heterocycles. The fourth-order valence-electron chi connectivity index (χ4n) is 3.85. The van der Waals surface area contributed by atoms with E-state index in [2.05, 4.69) is 20.8 Å². The van der Waals surface area contributed by atoms with Crippen LogP contribution in [-0.2, 0) is 6.54 Å². The number of carbonyl (C=O) groups excluding carboxylic acids is 1. The van der Waals surface area contributed by atoms with Crippen LogP contribution < -0.4 is 16.2 Å². The molecule has 1 fully saturated rings. The Labute approximate surface area is 150 Å². The van der Waals surface area contributed by atoms with Gasteiger partial charge in [-0.3, -0.25) is 9.89 Å². The van der Waals surface area contributed by atoms with Gasteiger partial charge in [-0.1, -0.05) is 31.0 Å². The number of nitrogens with one attached hydrogen (secondary N) is 3. The van der Waals surface area contributed by atoms with Gasteiger partial charge in [-0.2, -0.15) is 5.10 Å². The maximum atomic E-state index is 13.0. The first-order valence-corrected chi connectivity index (χ1v) is 9.15. The number of hydrogen-bond acceptors (Lipinski definition) is 3. The first-order valence-electron chi connectivity index (χ1n) is 9.15. The van der Waals surface area contributed by atoms with Gasteiger partial charge in [0, 0.05) is 30.2 Å². The summed E-state index contributed by atoms with van der Waals surface area (Å²) in [6.07, 6.45) is 4.45. The molecule has 7 heteroatoms. The molecule has 0 aliphatic heterocycles. The highest BCUT2D eigenvalue weighted by molar-refractivity contribution is 6.03. The second-order valence-electron chi connectivity index (χ2n) is 6.93. The van der Waals surface area contributed by atoms with E-state index in [1.165, 1.54) is 12.8 Å². The average molecular weight is 353 g/mol. The Morgan fingerprint density at radius 3 is 2.88 bits per heavy atom. The summed E-state index contributed by atoms with van der Waals surface area (Å²) in [6.45, 7) is 2.66. The van der Waals surface area contributed by atoms with Crippen molar-refractivity contribution in [2.75, 3.05) is 6.54 Å². The van der Waals surface area contributed by atoms with Gasteiger partial charge < -0.3 is 15.2 Å². The third-order valence-electron chi connectivity index (χ3n) is 5.17. The summed E-state index contributed by atoms with van der Waals surface area (Å²) in [7, 11) is 0. The van der Waals surface area contributed by atoms with Crippen LogP contribution >= 0.6 is 0 Å². The van der Waals surface area contributed by atoms with Crippen LogP contribution in [0.15, 0.2) is 29.1 Å². The second kappa shape index (κ2) is 6.82. The zero-order valence-electron chi connectivity index (χ0n) is 14.8. The number of aromatic amines is 1. The van der Waals surface area contributed by atoms with Crippen molar-refractivity contribution >= 4 is 27.8 Å².